The Morgan fingerprint density at radius 2 is 1.55 bits per heavy atom. The van der Waals surface area contributed by atoms with Crippen LogP contribution in [0.25, 0.3) is 32.9 Å². The van der Waals surface area contributed by atoms with Gasteiger partial charge in [0.25, 0.3) is 0 Å². The second-order valence-corrected chi connectivity index (χ2v) is 6.56. The molecule has 0 unspecified atom stereocenters. The summed E-state index contributed by atoms with van der Waals surface area (Å²) >= 11 is 0. The van der Waals surface area contributed by atoms with E-state index in [4.69, 9.17) is 4.98 Å². The van der Waals surface area contributed by atoms with Crippen LogP contribution in [0.15, 0.2) is 96.0 Å². The van der Waals surface area contributed by atoms with Crippen molar-refractivity contribution in [3.63, 3.8) is 0 Å². The summed E-state index contributed by atoms with van der Waals surface area (Å²) in [5.74, 6) is 0. The van der Waals surface area contributed by atoms with Gasteiger partial charge >= 0.3 is 20.4 Å². The van der Waals surface area contributed by atoms with Crippen LogP contribution in [-0.4, -0.2) is 11.2 Å². The van der Waals surface area contributed by atoms with Gasteiger partial charge in [0.2, 0.25) is 0 Å². The van der Waals surface area contributed by atoms with Crippen LogP contribution in [0.3, 0.4) is 0 Å². The van der Waals surface area contributed by atoms with E-state index in [1.165, 1.54) is 0 Å². The normalized spacial score (nSPS) is 11.0. The molecule has 0 radical (unpaired) electrons. The SMILES string of the molecule is [Pd+2].[c-]1ccccc1C=Nc1cccc2ccc(-c3cccc4ccc[c-]c34)nc12. The van der Waals surface area contributed by atoms with Crippen LogP contribution in [0.4, 0.5) is 5.69 Å². The van der Waals surface area contributed by atoms with Crippen molar-refractivity contribution in [2.45, 2.75) is 0 Å². The predicted octanol–water partition coefficient (Wildman–Crippen LogP) is 6.40. The number of fused-ring (bicyclic) bond motifs is 2. The van der Waals surface area contributed by atoms with Crippen LogP contribution >= 0.6 is 0 Å². The van der Waals surface area contributed by atoms with Crippen molar-refractivity contribution in [1.29, 1.82) is 0 Å². The molecule has 140 valence electrons. The van der Waals surface area contributed by atoms with Gasteiger partial charge < -0.3 is 4.99 Å². The first-order valence-electron chi connectivity index (χ1n) is 9.19. The third-order valence-electron chi connectivity index (χ3n) is 4.75. The number of benzene rings is 4. The van der Waals surface area contributed by atoms with Crippen molar-refractivity contribution in [3.8, 4) is 11.3 Å². The van der Waals surface area contributed by atoms with Crippen LogP contribution in [-0.2, 0) is 20.4 Å². The number of nitrogens with zero attached hydrogens (tertiary/aromatic N) is 2. The average molecular weight is 463 g/mol. The monoisotopic (exact) mass is 462 g/mol. The van der Waals surface area contributed by atoms with Gasteiger partial charge in [-0.2, -0.15) is 0 Å². The number of hydrogen-bond donors (Lipinski definition) is 0. The first-order valence-corrected chi connectivity index (χ1v) is 9.19. The van der Waals surface area contributed by atoms with E-state index in [9.17, 15) is 0 Å². The van der Waals surface area contributed by atoms with Gasteiger partial charge in [-0.1, -0.05) is 42.0 Å². The van der Waals surface area contributed by atoms with Gasteiger partial charge in [0, 0.05) is 11.1 Å². The first kappa shape index (κ1) is 19.2. The molecule has 0 spiro atoms. The van der Waals surface area contributed by atoms with E-state index < -0.39 is 0 Å². The minimum atomic E-state index is 0. The number of aliphatic imine (C=N–C) groups is 1. The van der Waals surface area contributed by atoms with E-state index in [1.807, 2.05) is 54.7 Å². The topological polar surface area (TPSA) is 25.2 Å². The Hall–Kier alpha value is -3.12. The van der Waals surface area contributed by atoms with Crippen LogP contribution in [0.2, 0.25) is 0 Å². The molecule has 0 N–H and O–H groups in total. The molecule has 0 fully saturated rings. The molecule has 5 rings (SSSR count). The quantitative estimate of drug-likeness (QED) is 0.173. The molecule has 0 bridgehead atoms. The zero-order valence-corrected chi connectivity index (χ0v) is 17.0. The van der Waals surface area contributed by atoms with Gasteiger partial charge in [-0.25, -0.2) is 0 Å². The van der Waals surface area contributed by atoms with Crippen molar-refractivity contribution in [3.05, 3.63) is 109 Å². The molecule has 2 nitrogen and oxygen atoms in total. The molecule has 0 aliphatic heterocycles. The molecule has 0 atom stereocenters. The molecule has 0 aliphatic rings. The second kappa shape index (κ2) is 8.49. The van der Waals surface area contributed by atoms with Gasteiger partial charge in [-0.15, -0.1) is 70.9 Å². The number of aromatic nitrogens is 1. The minimum absolute atomic E-state index is 0. The molecule has 0 saturated heterocycles. The Morgan fingerprint density at radius 1 is 0.724 bits per heavy atom. The van der Waals surface area contributed by atoms with Crippen LogP contribution in [0, 0.1) is 12.1 Å². The van der Waals surface area contributed by atoms with Gasteiger partial charge in [-0.05, 0) is 18.3 Å². The van der Waals surface area contributed by atoms with Crippen molar-refractivity contribution < 1.29 is 20.4 Å². The summed E-state index contributed by atoms with van der Waals surface area (Å²) < 4.78 is 0. The Morgan fingerprint density at radius 3 is 2.45 bits per heavy atom. The number of rotatable bonds is 3. The van der Waals surface area contributed by atoms with E-state index in [0.717, 1.165) is 44.2 Å². The molecule has 1 heterocycles. The summed E-state index contributed by atoms with van der Waals surface area (Å²) in [7, 11) is 0. The smallest absolute Gasteiger partial charge is 0.302 e. The fourth-order valence-corrected chi connectivity index (χ4v) is 3.38. The Labute approximate surface area is 183 Å². The predicted molar refractivity (Wildman–Crippen MR) is 116 cm³/mol. The maximum atomic E-state index is 4.96. The number of pyridine rings is 1. The summed E-state index contributed by atoms with van der Waals surface area (Å²) in [6.07, 6.45) is 1.83. The molecule has 0 amide bonds. The minimum Gasteiger partial charge on any atom is -0.302 e. The summed E-state index contributed by atoms with van der Waals surface area (Å²) in [5.41, 5.74) is 4.69. The van der Waals surface area contributed by atoms with Gasteiger partial charge in [0.1, 0.15) is 0 Å². The standard InChI is InChI=1S/C26H16N2.Pd/c1-2-8-19(9-3-1)18-27-25-15-7-12-21-16-17-24(28-26(21)25)23-14-6-11-20-10-4-5-13-22(20)23;/h1-8,10-12,14-18H;/q-2;+2. The van der Waals surface area contributed by atoms with E-state index >= 15 is 0 Å². The van der Waals surface area contributed by atoms with E-state index in [2.05, 4.69) is 59.6 Å². The molecular formula is C26H16N2Pd. The molecule has 0 aliphatic carbocycles. The summed E-state index contributed by atoms with van der Waals surface area (Å²) in [5, 5.41) is 3.31. The second-order valence-electron chi connectivity index (χ2n) is 6.56. The Kier molecular flexibility index (Phi) is 5.62. The third-order valence-corrected chi connectivity index (χ3v) is 4.75. The molecule has 0 saturated carbocycles. The molecule has 3 heteroatoms. The van der Waals surface area contributed by atoms with Gasteiger partial charge in [0.15, 0.2) is 0 Å². The summed E-state index contributed by atoms with van der Waals surface area (Å²) in [6.45, 7) is 0. The molecule has 4 aromatic carbocycles. The van der Waals surface area contributed by atoms with E-state index in [1.54, 1.807) is 0 Å². The first-order chi connectivity index (χ1) is 13.9. The van der Waals surface area contributed by atoms with Crippen molar-refractivity contribution >= 4 is 33.6 Å². The molecular weight excluding hydrogens is 447 g/mol. The van der Waals surface area contributed by atoms with Crippen LogP contribution in [0.5, 0.6) is 0 Å². The number of hydrogen-bond acceptors (Lipinski definition) is 2. The Balaban J connectivity index is 0.00000205. The van der Waals surface area contributed by atoms with Crippen molar-refractivity contribution in [2.24, 2.45) is 4.99 Å². The maximum Gasteiger partial charge on any atom is 2.00 e. The number of para-hydroxylation sites is 1. The average Bonchev–Trinajstić information content (AvgIpc) is 2.77. The molecule has 5 aromatic rings. The third kappa shape index (κ3) is 3.89. The zero-order valence-electron chi connectivity index (χ0n) is 15.4. The van der Waals surface area contributed by atoms with Crippen molar-refractivity contribution in [2.75, 3.05) is 0 Å². The van der Waals surface area contributed by atoms with Gasteiger partial charge in [-0.3, -0.25) is 4.98 Å². The van der Waals surface area contributed by atoms with Crippen LogP contribution in [0.1, 0.15) is 5.56 Å². The maximum absolute atomic E-state index is 4.96. The molecule has 29 heavy (non-hydrogen) atoms. The van der Waals surface area contributed by atoms with Crippen molar-refractivity contribution in [1.82, 2.24) is 4.98 Å². The summed E-state index contributed by atoms with van der Waals surface area (Å²) in [4.78, 5) is 9.64. The fraction of sp³-hybridized carbons (Fsp3) is 0. The Bertz CT molecular complexity index is 1310. The van der Waals surface area contributed by atoms with Crippen LogP contribution < -0.4 is 0 Å². The fourth-order valence-electron chi connectivity index (χ4n) is 3.38. The summed E-state index contributed by atoms with van der Waals surface area (Å²) in [6, 6.07) is 36.9. The zero-order chi connectivity index (χ0) is 18.8. The van der Waals surface area contributed by atoms with Gasteiger partial charge in [0.05, 0.1) is 11.2 Å². The van der Waals surface area contributed by atoms with E-state index in [-0.39, 0.29) is 20.4 Å². The largest absolute Gasteiger partial charge is 2.00 e. The molecule has 1 aromatic heterocycles. The van der Waals surface area contributed by atoms with E-state index in [0.29, 0.717) is 0 Å².